The Balaban J connectivity index is 0.000000291. The molecule has 0 aromatic carbocycles. The second kappa shape index (κ2) is 5.80. The molecular weight excluding hydrogens is 112 g/mol. The number of carbonyl (C=O) groups is 1. The molecule has 1 fully saturated rings. The van der Waals surface area contributed by atoms with Crippen LogP contribution in [0.4, 0.5) is 0 Å². The predicted octanol–water partition coefficient (Wildman–Crippen LogP) is 2.55. The lowest BCUT2D eigenvalue weighted by molar-refractivity contribution is -0.120. The van der Waals surface area contributed by atoms with E-state index in [0.29, 0.717) is 5.78 Å². The molecule has 0 aromatic heterocycles. The smallest absolute Gasteiger partial charge is 0.132 e. The standard InChI is InChI=1S/C6H10O.C2H6/c7-6-4-2-1-3-5-6;1-2/h1-5H2;1-2H3. The summed E-state index contributed by atoms with van der Waals surface area (Å²) in [5, 5.41) is 0. The van der Waals surface area contributed by atoms with Crippen molar-refractivity contribution in [1.82, 2.24) is 0 Å². The predicted molar refractivity (Wildman–Crippen MR) is 39.4 cm³/mol. The van der Waals surface area contributed by atoms with E-state index in [1.807, 2.05) is 13.8 Å². The van der Waals surface area contributed by atoms with Gasteiger partial charge in [0.15, 0.2) is 0 Å². The summed E-state index contributed by atoms with van der Waals surface area (Å²) in [5.74, 6) is 0.464. The van der Waals surface area contributed by atoms with E-state index >= 15 is 0 Å². The average Bonchev–Trinajstić information content (AvgIpc) is 1.94. The minimum absolute atomic E-state index is 0.464. The van der Waals surface area contributed by atoms with E-state index in [-0.39, 0.29) is 0 Å². The zero-order chi connectivity index (χ0) is 7.11. The molecule has 1 rings (SSSR count). The summed E-state index contributed by atoms with van der Waals surface area (Å²) in [4.78, 5) is 10.5. The molecule has 1 aliphatic rings. The molecule has 0 atom stereocenters. The first kappa shape index (κ1) is 8.67. The largest absolute Gasteiger partial charge is 0.300 e. The van der Waals surface area contributed by atoms with Crippen LogP contribution in [-0.4, -0.2) is 5.78 Å². The molecule has 1 saturated carbocycles. The van der Waals surface area contributed by atoms with Crippen LogP contribution >= 0.6 is 0 Å². The summed E-state index contributed by atoms with van der Waals surface area (Å²) in [6.07, 6.45) is 5.24. The third kappa shape index (κ3) is 4.19. The van der Waals surface area contributed by atoms with Crippen LogP contribution in [0.15, 0.2) is 0 Å². The van der Waals surface area contributed by atoms with Crippen molar-refractivity contribution >= 4 is 5.78 Å². The van der Waals surface area contributed by atoms with E-state index in [1.165, 1.54) is 6.42 Å². The van der Waals surface area contributed by atoms with Gasteiger partial charge in [-0.3, -0.25) is 4.79 Å². The van der Waals surface area contributed by atoms with Crippen LogP contribution in [0.5, 0.6) is 0 Å². The molecule has 0 unspecified atom stereocenters. The summed E-state index contributed by atoms with van der Waals surface area (Å²) in [6.45, 7) is 4.00. The fourth-order valence-corrected chi connectivity index (χ4v) is 0.946. The molecule has 1 aliphatic carbocycles. The number of hydrogen-bond donors (Lipinski definition) is 0. The molecule has 0 spiro atoms. The highest BCUT2D eigenvalue weighted by molar-refractivity contribution is 5.78. The van der Waals surface area contributed by atoms with Gasteiger partial charge in [0.1, 0.15) is 5.78 Å². The molecular formula is C8H16O. The highest BCUT2D eigenvalue weighted by Gasteiger charge is 2.05. The third-order valence-electron chi connectivity index (χ3n) is 1.41. The van der Waals surface area contributed by atoms with Crippen LogP contribution in [0.3, 0.4) is 0 Å². The second-order valence-electron chi connectivity index (χ2n) is 2.10. The quantitative estimate of drug-likeness (QED) is 0.490. The topological polar surface area (TPSA) is 17.1 Å². The van der Waals surface area contributed by atoms with E-state index in [9.17, 15) is 4.79 Å². The summed E-state index contributed by atoms with van der Waals surface area (Å²) < 4.78 is 0. The Kier molecular flexibility index (Phi) is 5.59. The summed E-state index contributed by atoms with van der Waals surface area (Å²) in [7, 11) is 0. The lowest BCUT2D eigenvalue weighted by atomic mass is 10.00. The number of carbonyl (C=O) groups excluding carboxylic acids is 1. The van der Waals surface area contributed by atoms with E-state index in [2.05, 4.69) is 0 Å². The van der Waals surface area contributed by atoms with Gasteiger partial charge in [0.25, 0.3) is 0 Å². The van der Waals surface area contributed by atoms with Gasteiger partial charge >= 0.3 is 0 Å². The summed E-state index contributed by atoms with van der Waals surface area (Å²) >= 11 is 0. The van der Waals surface area contributed by atoms with Gasteiger partial charge in [0, 0.05) is 12.8 Å². The molecule has 0 aromatic rings. The maximum atomic E-state index is 10.5. The molecule has 54 valence electrons. The molecule has 1 heteroatoms. The zero-order valence-electron chi connectivity index (χ0n) is 6.44. The normalized spacial score (nSPS) is 18.2. The highest BCUT2D eigenvalue weighted by atomic mass is 16.1. The van der Waals surface area contributed by atoms with Crippen LogP contribution in [-0.2, 0) is 4.79 Å². The van der Waals surface area contributed by atoms with Gasteiger partial charge in [-0.15, -0.1) is 0 Å². The fourth-order valence-electron chi connectivity index (χ4n) is 0.946. The third-order valence-corrected chi connectivity index (χ3v) is 1.41. The Morgan fingerprint density at radius 3 is 1.67 bits per heavy atom. The molecule has 9 heavy (non-hydrogen) atoms. The molecule has 0 saturated heterocycles. The van der Waals surface area contributed by atoms with Crippen molar-refractivity contribution in [2.45, 2.75) is 46.0 Å². The van der Waals surface area contributed by atoms with Crippen LogP contribution < -0.4 is 0 Å². The van der Waals surface area contributed by atoms with E-state index < -0.39 is 0 Å². The van der Waals surface area contributed by atoms with Crippen molar-refractivity contribution in [3.8, 4) is 0 Å². The van der Waals surface area contributed by atoms with E-state index in [1.54, 1.807) is 0 Å². The van der Waals surface area contributed by atoms with Gasteiger partial charge in [-0.25, -0.2) is 0 Å². The van der Waals surface area contributed by atoms with Crippen LogP contribution in [0.2, 0.25) is 0 Å². The summed E-state index contributed by atoms with van der Waals surface area (Å²) in [6, 6.07) is 0. The van der Waals surface area contributed by atoms with Gasteiger partial charge in [0.05, 0.1) is 0 Å². The molecule has 0 radical (unpaired) electrons. The van der Waals surface area contributed by atoms with E-state index in [4.69, 9.17) is 0 Å². The van der Waals surface area contributed by atoms with Crippen molar-refractivity contribution < 1.29 is 4.79 Å². The minimum atomic E-state index is 0.464. The monoisotopic (exact) mass is 128 g/mol. The first-order valence-corrected chi connectivity index (χ1v) is 3.91. The SMILES string of the molecule is CC.O=C1CCCCC1. The van der Waals surface area contributed by atoms with Gasteiger partial charge in [-0.1, -0.05) is 20.3 Å². The molecule has 0 amide bonds. The van der Waals surface area contributed by atoms with Crippen molar-refractivity contribution in [1.29, 1.82) is 0 Å². The maximum absolute atomic E-state index is 10.5. The second-order valence-corrected chi connectivity index (χ2v) is 2.10. The summed E-state index contributed by atoms with van der Waals surface area (Å²) in [5.41, 5.74) is 0. The lowest BCUT2D eigenvalue weighted by Crippen LogP contribution is -2.02. The van der Waals surface area contributed by atoms with Gasteiger partial charge in [-0.2, -0.15) is 0 Å². The Bertz CT molecular complexity index is 68.6. The first-order chi connectivity index (χ1) is 4.39. The number of Topliss-reactive ketones (excluding diaryl/α,β-unsaturated/α-hetero) is 1. The Labute approximate surface area is 57.5 Å². The molecule has 0 aliphatic heterocycles. The Morgan fingerprint density at radius 1 is 1.00 bits per heavy atom. The van der Waals surface area contributed by atoms with Crippen LogP contribution in [0, 0.1) is 0 Å². The molecule has 0 heterocycles. The lowest BCUT2D eigenvalue weighted by Gasteiger charge is -2.05. The Hall–Kier alpha value is -0.330. The van der Waals surface area contributed by atoms with Crippen LogP contribution in [0.1, 0.15) is 46.0 Å². The molecule has 0 bridgehead atoms. The number of ketones is 1. The van der Waals surface area contributed by atoms with Crippen LogP contribution in [0.25, 0.3) is 0 Å². The van der Waals surface area contributed by atoms with Crippen molar-refractivity contribution in [3.05, 3.63) is 0 Å². The first-order valence-electron chi connectivity index (χ1n) is 3.91. The van der Waals surface area contributed by atoms with Crippen molar-refractivity contribution in [2.75, 3.05) is 0 Å². The minimum Gasteiger partial charge on any atom is -0.300 e. The average molecular weight is 128 g/mol. The molecule has 0 N–H and O–H groups in total. The van der Waals surface area contributed by atoms with Gasteiger partial charge in [-0.05, 0) is 12.8 Å². The fraction of sp³-hybridized carbons (Fsp3) is 0.875. The maximum Gasteiger partial charge on any atom is 0.132 e. The highest BCUT2D eigenvalue weighted by Crippen LogP contribution is 2.12. The van der Waals surface area contributed by atoms with Gasteiger partial charge < -0.3 is 0 Å². The van der Waals surface area contributed by atoms with E-state index in [0.717, 1.165) is 25.7 Å². The Morgan fingerprint density at radius 2 is 1.44 bits per heavy atom. The van der Waals surface area contributed by atoms with Gasteiger partial charge in [0.2, 0.25) is 0 Å². The van der Waals surface area contributed by atoms with Crippen molar-refractivity contribution in [3.63, 3.8) is 0 Å². The molecule has 1 nitrogen and oxygen atoms in total. The van der Waals surface area contributed by atoms with Crippen molar-refractivity contribution in [2.24, 2.45) is 0 Å². The number of rotatable bonds is 0. The zero-order valence-corrected chi connectivity index (χ0v) is 6.44. The number of hydrogen-bond acceptors (Lipinski definition) is 1.